The van der Waals surface area contributed by atoms with E-state index in [0.29, 0.717) is 0 Å². The molecule has 3 aromatic rings. The average molecular weight is 296 g/mol. The Hall–Kier alpha value is -3.35. The highest BCUT2D eigenvalue weighted by Gasteiger charge is 2.32. The molecule has 22 heavy (non-hydrogen) atoms. The zero-order valence-electron chi connectivity index (χ0n) is 10.9. The molecule has 0 bridgehead atoms. The van der Waals surface area contributed by atoms with E-state index in [0.717, 1.165) is 16.7 Å². The van der Waals surface area contributed by atoms with E-state index in [2.05, 4.69) is 4.98 Å². The third-order valence-electron chi connectivity index (χ3n) is 3.66. The Morgan fingerprint density at radius 1 is 0.955 bits per heavy atom. The van der Waals surface area contributed by atoms with Gasteiger partial charge in [0.2, 0.25) is 5.78 Å². The van der Waals surface area contributed by atoms with Gasteiger partial charge in [0, 0.05) is 6.07 Å². The maximum atomic E-state index is 12.6. The molecular weight excluding hydrogens is 288 g/mol. The summed E-state index contributed by atoms with van der Waals surface area (Å²) in [5.74, 6) is -1.83. The monoisotopic (exact) mass is 296 g/mol. The number of carbonyl (C=O) groups excluding carboxylic acids is 1. The standard InChI is InChI=1S/C15H8N2O5/c18-9-3-1-2-6-12(9)16-14-13(21)7-4-10(19)11(20)5-8(7)17(14)15(6)22/h1-5,18-20H. The van der Waals surface area contributed by atoms with Gasteiger partial charge >= 0.3 is 0 Å². The van der Waals surface area contributed by atoms with Gasteiger partial charge < -0.3 is 15.3 Å². The summed E-state index contributed by atoms with van der Waals surface area (Å²) in [7, 11) is 0. The lowest BCUT2D eigenvalue weighted by Crippen LogP contribution is -2.21. The van der Waals surface area contributed by atoms with Crippen LogP contribution in [0.2, 0.25) is 0 Å². The minimum absolute atomic E-state index is 0.0355. The van der Waals surface area contributed by atoms with Crippen LogP contribution < -0.4 is 5.56 Å². The number of aromatic nitrogens is 2. The van der Waals surface area contributed by atoms with E-state index in [1.807, 2.05) is 0 Å². The molecule has 1 aliphatic rings. The van der Waals surface area contributed by atoms with Gasteiger partial charge in [0.25, 0.3) is 5.56 Å². The van der Waals surface area contributed by atoms with Crippen molar-refractivity contribution >= 4 is 16.7 Å². The minimum atomic E-state index is -0.562. The molecule has 1 aliphatic heterocycles. The molecule has 3 N–H and O–H groups in total. The number of para-hydroxylation sites is 1. The van der Waals surface area contributed by atoms with Crippen LogP contribution in [0.1, 0.15) is 16.2 Å². The van der Waals surface area contributed by atoms with E-state index in [-0.39, 0.29) is 33.7 Å². The van der Waals surface area contributed by atoms with Gasteiger partial charge in [-0.05, 0) is 18.2 Å². The maximum absolute atomic E-state index is 12.6. The molecule has 0 unspecified atom stereocenters. The van der Waals surface area contributed by atoms with Crippen LogP contribution in [0.25, 0.3) is 16.6 Å². The van der Waals surface area contributed by atoms with Crippen molar-refractivity contribution in [1.29, 1.82) is 0 Å². The van der Waals surface area contributed by atoms with Crippen molar-refractivity contribution in [3.05, 3.63) is 52.1 Å². The molecular formula is C15H8N2O5. The van der Waals surface area contributed by atoms with Gasteiger partial charge in [-0.2, -0.15) is 0 Å². The predicted molar refractivity (Wildman–Crippen MR) is 75.8 cm³/mol. The Labute approximate surface area is 122 Å². The lowest BCUT2D eigenvalue weighted by molar-refractivity contribution is 0.103. The van der Waals surface area contributed by atoms with Crippen LogP contribution in [0.5, 0.6) is 17.2 Å². The second-order valence-corrected chi connectivity index (χ2v) is 4.94. The fourth-order valence-corrected chi connectivity index (χ4v) is 2.62. The Balaban J connectivity index is 2.20. The first-order valence-corrected chi connectivity index (χ1v) is 6.35. The van der Waals surface area contributed by atoms with Gasteiger partial charge in [-0.1, -0.05) is 6.07 Å². The summed E-state index contributed by atoms with van der Waals surface area (Å²) in [5.41, 5.74) is -0.283. The van der Waals surface area contributed by atoms with Crippen LogP contribution in [0.4, 0.5) is 0 Å². The molecule has 4 rings (SSSR count). The summed E-state index contributed by atoms with van der Waals surface area (Å²) in [6, 6.07) is 6.58. The minimum Gasteiger partial charge on any atom is -0.506 e. The van der Waals surface area contributed by atoms with Gasteiger partial charge in [-0.25, -0.2) is 4.98 Å². The average Bonchev–Trinajstić information content (AvgIpc) is 2.75. The molecule has 108 valence electrons. The molecule has 7 heteroatoms. The lowest BCUT2D eigenvalue weighted by Gasteiger charge is -2.07. The van der Waals surface area contributed by atoms with Gasteiger partial charge in [0.1, 0.15) is 11.3 Å². The quantitative estimate of drug-likeness (QED) is 0.418. The highest BCUT2D eigenvalue weighted by atomic mass is 16.3. The first kappa shape index (κ1) is 12.4. The molecule has 0 saturated carbocycles. The number of nitrogens with zero attached hydrogens (tertiary/aromatic N) is 2. The van der Waals surface area contributed by atoms with E-state index in [1.165, 1.54) is 18.2 Å². The van der Waals surface area contributed by atoms with Crippen LogP contribution in [-0.2, 0) is 0 Å². The zero-order valence-corrected chi connectivity index (χ0v) is 10.9. The molecule has 7 nitrogen and oxygen atoms in total. The number of aromatic hydroxyl groups is 3. The number of ketones is 1. The second kappa shape index (κ2) is 3.85. The largest absolute Gasteiger partial charge is 0.506 e. The summed E-state index contributed by atoms with van der Waals surface area (Å²) in [6.45, 7) is 0. The van der Waals surface area contributed by atoms with Crippen molar-refractivity contribution < 1.29 is 20.1 Å². The lowest BCUT2D eigenvalue weighted by atomic mass is 10.1. The van der Waals surface area contributed by atoms with E-state index >= 15 is 0 Å². The van der Waals surface area contributed by atoms with E-state index < -0.39 is 22.8 Å². The van der Waals surface area contributed by atoms with Crippen molar-refractivity contribution in [3.63, 3.8) is 0 Å². The maximum Gasteiger partial charge on any atom is 0.266 e. The van der Waals surface area contributed by atoms with Crippen LogP contribution in [0.15, 0.2) is 35.1 Å². The van der Waals surface area contributed by atoms with Crippen LogP contribution in [0, 0.1) is 0 Å². The zero-order chi connectivity index (χ0) is 15.6. The molecule has 2 aromatic carbocycles. The van der Waals surface area contributed by atoms with E-state index in [1.54, 1.807) is 0 Å². The van der Waals surface area contributed by atoms with Crippen molar-refractivity contribution in [3.8, 4) is 22.9 Å². The fraction of sp³-hybridized carbons (Fsp3) is 0. The number of rotatable bonds is 0. The summed E-state index contributed by atoms with van der Waals surface area (Å²) in [6.07, 6.45) is 0. The third-order valence-corrected chi connectivity index (χ3v) is 3.66. The Kier molecular flexibility index (Phi) is 2.17. The number of hydrogen-bond donors (Lipinski definition) is 3. The smallest absolute Gasteiger partial charge is 0.266 e. The fourth-order valence-electron chi connectivity index (χ4n) is 2.62. The molecule has 0 aliphatic carbocycles. The Morgan fingerprint density at radius 2 is 1.68 bits per heavy atom. The summed E-state index contributed by atoms with van der Waals surface area (Å²) < 4.78 is 1.07. The van der Waals surface area contributed by atoms with Crippen LogP contribution in [-0.4, -0.2) is 30.7 Å². The van der Waals surface area contributed by atoms with Gasteiger partial charge in [0.05, 0.1) is 16.6 Å². The summed E-state index contributed by atoms with van der Waals surface area (Å²) >= 11 is 0. The molecule has 0 amide bonds. The van der Waals surface area contributed by atoms with Crippen molar-refractivity contribution in [2.45, 2.75) is 0 Å². The van der Waals surface area contributed by atoms with Gasteiger partial charge in [-0.15, -0.1) is 0 Å². The molecule has 0 radical (unpaired) electrons. The van der Waals surface area contributed by atoms with Crippen LogP contribution >= 0.6 is 0 Å². The molecule has 0 atom stereocenters. The first-order valence-electron chi connectivity index (χ1n) is 6.35. The Bertz CT molecular complexity index is 1050. The summed E-state index contributed by atoms with van der Waals surface area (Å²) in [5, 5.41) is 29.1. The number of phenols is 3. The highest BCUT2D eigenvalue weighted by Crippen LogP contribution is 2.35. The summed E-state index contributed by atoms with van der Waals surface area (Å²) in [4.78, 5) is 29.0. The third kappa shape index (κ3) is 1.37. The van der Waals surface area contributed by atoms with E-state index in [4.69, 9.17) is 0 Å². The van der Waals surface area contributed by atoms with Crippen molar-refractivity contribution in [2.75, 3.05) is 0 Å². The normalized spacial score (nSPS) is 12.5. The second-order valence-electron chi connectivity index (χ2n) is 4.94. The number of phenolic OH excluding ortho intramolecular Hbond substituents is 3. The molecule has 2 heterocycles. The number of benzene rings is 2. The molecule has 0 saturated heterocycles. The van der Waals surface area contributed by atoms with Crippen molar-refractivity contribution in [2.24, 2.45) is 0 Å². The SMILES string of the molecule is O=C1c2cc(O)c(O)cc2-n2c1nc1c(O)cccc1c2=O. The predicted octanol–water partition coefficient (Wildman–Crippen LogP) is 1.05. The Morgan fingerprint density at radius 3 is 2.45 bits per heavy atom. The van der Waals surface area contributed by atoms with Gasteiger partial charge in [-0.3, -0.25) is 14.2 Å². The topological polar surface area (TPSA) is 113 Å². The molecule has 1 aromatic heterocycles. The van der Waals surface area contributed by atoms with Gasteiger partial charge in [0.15, 0.2) is 17.3 Å². The highest BCUT2D eigenvalue weighted by molar-refractivity contribution is 6.14. The first-order chi connectivity index (χ1) is 10.5. The number of carbonyl (C=O) groups is 1. The van der Waals surface area contributed by atoms with E-state index in [9.17, 15) is 24.9 Å². The molecule has 0 fully saturated rings. The molecule has 0 spiro atoms. The number of fused-ring (bicyclic) bond motifs is 4. The van der Waals surface area contributed by atoms with Crippen LogP contribution in [0.3, 0.4) is 0 Å². The van der Waals surface area contributed by atoms with Crippen molar-refractivity contribution in [1.82, 2.24) is 9.55 Å². The number of hydrogen-bond acceptors (Lipinski definition) is 6.